The molecule has 0 aliphatic heterocycles. The van der Waals surface area contributed by atoms with Gasteiger partial charge in [-0.15, -0.1) is 0 Å². The Hall–Kier alpha value is -2.35. The zero-order valence-electron chi connectivity index (χ0n) is 11.8. The zero-order valence-corrected chi connectivity index (χ0v) is 11.8. The average molecular weight is 262 g/mol. The Balaban J connectivity index is 0. The molecule has 0 amide bonds. The number of carbonyl (C=O) groups excluding carboxylic acids is 3. The summed E-state index contributed by atoms with van der Waals surface area (Å²) in [4.78, 5) is 27.6. The van der Waals surface area contributed by atoms with Crippen LogP contribution in [0.4, 0.5) is 0 Å². The molecule has 1 aromatic carbocycles. The molecule has 0 bridgehead atoms. The lowest BCUT2D eigenvalue weighted by Crippen LogP contribution is -2.01. The maximum atomic E-state index is 10.9. The van der Waals surface area contributed by atoms with Crippen molar-refractivity contribution in [1.29, 1.82) is 10.8 Å². The van der Waals surface area contributed by atoms with Gasteiger partial charge in [0.2, 0.25) is 12.2 Å². The van der Waals surface area contributed by atoms with Crippen LogP contribution < -0.4 is 0 Å². The third-order valence-electron chi connectivity index (χ3n) is 3.18. The van der Waals surface area contributed by atoms with E-state index in [4.69, 9.17) is 20.4 Å². The van der Waals surface area contributed by atoms with Crippen LogP contribution in [0.1, 0.15) is 38.2 Å². The van der Waals surface area contributed by atoms with Crippen molar-refractivity contribution in [1.82, 2.24) is 0 Å². The summed E-state index contributed by atoms with van der Waals surface area (Å²) < 4.78 is 0. The Kier molecular flexibility index (Phi) is 9.66. The minimum atomic E-state index is 0.750. The second-order valence-electron chi connectivity index (χ2n) is 3.86. The average Bonchev–Trinajstić information content (AvgIpc) is 2.37. The first-order valence-electron chi connectivity index (χ1n) is 5.43. The molecular formula is C14H18N2O3. The molecule has 19 heavy (non-hydrogen) atoms. The summed E-state index contributed by atoms with van der Waals surface area (Å²) in [5.74, 6) is 0. The second-order valence-corrected chi connectivity index (χ2v) is 3.86. The first kappa shape index (κ1) is 19.0. The van der Waals surface area contributed by atoms with E-state index >= 15 is 0 Å². The largest absolute Gasteiger partial charge is 0.298 e. The third-order valence-corrected chi connectivity index (χ3v) is 3.18. The lowest BCUT2D eigenvalue weighted by atomic mass is 9.90. The van der Waals surface area contributed by atoms with Gasteiger partial charge in [0, 0.05) is 5.56 Å². The lowest BCUT2D eigenvalue weighted by molar-refractivity contribution is 0.112. The van der Waals surface area contributed by atoms with Crippen LogP contribution in [0.2, 0.25) is 0 Å². The van der Waals surface area contributed by atoms with Crippen LogP contribution in [0.5, 0.6) is 0 Å². The summed E-state index contributed by atoms with van der Waals surface area (Å²) in [6, 6.07) is 0. The Morgan fingerprint density at radius 3 is 1.16 bits per heavy atom. The van der Waals surface area contributed by atoms with E-state index < -0.39 is 0 Å². The number of aldehydes is 1. The Labute approximate surface area is 112 Å². The van der Waals surface area contributed by atoms with Gasteiger partial charge in [0.1, 0.15) is 0 Å². The monoisotopic (exact) mass is 262 g/mol. The summed E-state index contributed by atoms with van der Waals surface area (Å²) in [6.07, 6.45) is 2.46. The molecular weight excluding hydrogens is 244 g/mol. The van der Waals surface area contributed by atoms with Gasteiger partial charge in [-0.05, 0) is 62.4 Å². The van der Waals surface area contributed by atoms with E-state index in [1.54, 1.807) is 0 Å². The van der Waals surface area contributed by atoms with Crippen molar-refractivity contribution in [2.24, 2.45) is 0 Å². The number of hydrogen-bond acceptors (Lipinski definition) is 5. The third kappa shape index (κ3) is 5.21. The molecule has 0 unspecified atom stereocenters. The van der Waals surface area contributed by atoms with Crippen molar-refractivity contribution >= 4 is 18.4 Å². The Morgan fingerprint density at radius 1 is 0.737 bits per heavy atom. The van der Waals surface area contributed by atoms with Crippen LogP contribution in [0.3, 0.4) is 0 Å². The predicted octanol–water partition coefficient (Wildman–Crippen LogP) is 2.84. The minimum absolute atomic E-state index is 0.750. The molecule has 5 nitrogen and oxygen atoms in total. The van der Waals surface area contributed by atoms with E-state index in [0.29, 0.717) is 0 Å². The van der Waals surface area contributed by atoms with E-state index in [-0.39, 0.29) is 0 Å². The van der Waals surface area contributed by atoms with Gasteiger partial charge in [-0.1, -0.05) is 0 Å². The smallest absolute Gasteiger partial charge is 0.231 e. The maximum absolute atomic E-state index is 10.9. The highest BCUT2D eigenvalue weighted by molar-refractivity contribution is 5.81. The van der Waals surface area contributed by atoms with E-state index in [1.807, 2.05) is 13.8 Å². The van der Waals surface area contributed by atoms with Gasteiger partial charge in [-0.2, -0.15) is 0 Å². The van der Waals surface area contributed by atoms with Gasteiger partial charge >= 0.3 is 0 Å². The molecule has 1 aromatic rings. The van der Waals surface area contributed by atoms with Crippen molar-refractivity contribution < 1.29 is 14.4 Å². The van der Waals surface area contributed by atoms with Crippen molar-refractivity contribution in [3.05, 3.63) is 33.4 Å². The number of isocyanates is 2. The quantitative estimate of drug-likeness (QED) is 0.462. The topological polar surface area (TPSA) is 98.9 Å². The molecule has 0 heterocycles. The summed E-state index contributed by atoms with van der Waals surface area (Å²) >= 11 is 0. The normalized spacial score (nSPS) is 7.84. The van der Waals surface area contributed by atoms with Crippen LogP contribution in [-0.2, 0) is 9.59 Å². The molecule has 0 saturated heterocycles. The summed E-state index contributed by atoms with van der Waals surface area (Å²) in [5.41, 5.74) is 6.89. The molecule has 2 N–H and O–H groups in total. The van der Waals surface area contributed by atoms with Gasteiger partial charge in [0.25, 0.3) is 0 Å². The van der Waals surface area contributed by atoms with Gasteiger partial charge < -0.3 is 0 Å². The number of benzene rings is 1. The molecule has 0 spiro atoms. The van der Waals surface area contributed by atoms with E-state index in [0.717, 1.165) is 35.1 Å². The lowest BCUT2D eigenvalue weighted by Gasteiger charge is -2.14. The minimum Gasteiger partial charge on any atom is -0.298 e. The molecule has 0 radical (unpaired) electrons. The molecule has 0 saturated carbocycles. The molecule has 0 atom stereocenters. The van der Waals surface area contributed by atoms with Crippen molar-refractivity contribution in [2.45, 2.75) is 34.6 Å². The van der Waals surface area contributed by atoms with Gasteiger partial charge in [-0.3, -0.25) is 4.79 Å². The second kappa shape index (κ2) is 9.66. The summed E-state index contributed by atoms with van der Waals surface area (Å²) in [5, 5.41) is 10.8. The van der Waals surface area contributed by atoms with Gasteiger partial charge in [0.05, 0.1) is 0 Å². The molecule has 0 aliphatic rings. The van der Waals surface area contributed by atoms with Crippen LogP contribution in [0.15, 0.2) is 0 Å². The van der Waals surface area contributed by atoms with Crippen molar-refractivity contribution in [2.75, 3.05) is 0 Å². The van der Waals surface area contributed by atoms with Crippen molar-refractivity contribution in [3.8, 4) is 0 Å². The van der Waals surface area contributed by atoms with Crippen molar-refractivity contribution in [3.63, 3.8) is 0 Å². The highest BCUT2D eigenvalue weighted by Gasteiger charge is 2.10. The molecule has 5 heteroatoms. The highest BCUT2D eigenvalue weighted by atomic mass is 16.1. The first-order chi connectivity index (χ1) is 8.83. The molecule has 102 valence electrons. The number of hydrogen-bond donors (Lipinski definition) is 2. The SMILES string of the molecule is Cc1c(C)c(C)c(C=O)c(C)c1C.N=C=O.N=C=O. The first-order valence-corrected chi connectivity index (χ1v) is 5.43. The number of carbonyl (C=O) groups is 1. The number of nitrogens with one attached hydrogen (secondary N) is 2. The predicted molar refractivity (Wildman–Crippen MR) is 72.3 cm³/mol. The standard InChI is InChI=1S/C12H16O.2CHNO/c1-7-8(2)10(4)12(6-13)11(5)9(7)3;2*2-1-3/h6H,1-5H3;2*2H. The van der Waals surface area contributed by atoms with E-state index in [9.17, 15) is 4.79 Å². The fourth-order valence-corrected chi connectivity index (χ4v) is 1.71. The molecule has 1 rings (SSSR count). The Bertz CT molecular complexity index is 481. The fourth-order valence-electron chi connectivity index (χ4n) is 1.71. The molecule has 0 fully saturated rings. The Morgan fingerprint density at radius 2 is 0.947 bits per heavy atom. The molecule has 0 aliphatic carbocycles. The van der Waals surface area contributed by atoms with Gasteiger partial charge in [0.15, 0.2) is 6.29 Å². The van der Waals surface area contributed by atoms with Crippen LogP contribution in [-0.4, -0.2) is 18.4 Å². The van der Waals surface area contributed by atoms with Crippen LogP contribution in [0, 0.1) is 45.4 Å². The maximum Gasteiger partial charge on any atom is 0.231 e. The summed E-state index contributed by atoms with van der Waals surface area (Å²) in [7, 11) is 0. The zero-order chi connectivity index (χ0) is 15.6. The van der Waals surface area contributed by atoms with Crippen LogP contribution in [0.25, 0.3) is 0 Å². The van der Waals surface area contributed by atoms with Crippen LogP contribution >= 0.6 is 0 Å². The summed E-state index contributed by atoms with van der Waals surface area (Å²) in [6.45, 7) is 10.3. The van der Waals surface area contributed by atoms with E-state index in [2.05, 4.69) is 20.8 Å². The van der Waals surface area contributed by atoms with E-state index in [1.165, 1.54) is 16.7 Å². The highest BCUT2D eigenvalue weighted by Crippen LogP contribution is 2.24. The van der Waals surface area contributed by atoms with Gasteiger partial charge in [-0.25, -0.2) is 20.4 Å². The fraction of sp³-hybridized carbons (Fsp3) is 0.357. The number of rotatable bonds is 1. The molecule has 0 aromatic heterocycles.